The van der Waals surface area contributed by atoms with E-state index < -0.39 is 30.4 Å². The number of aliphatic hydroxyl groups excluding tert-OH is 1. The minimum absolute atomic E-state index is 0.302. The van der Waals surface area contributed by atoms with Gasteiger partial charge in [-0.1, -0.05) is 17.7 Å². The van der Waals surface area contributed by atoms with Crippen LogP contribution in [0.5, 0.6) is 0 Å². The van der Waals surface area contributed by atoms with Crippen LogP contribution >= 0.6 is 11.6 Å². The second-order valence-electron chi connectivity index (χ2n) is 3.85. The van der Waals surface area contributed by atoms with E-state index in [1.165, 1.54) is 12.1 Å². The molecule has 0 aliphatic heterocycles. The summed E-state index contributed by atoms with van der Waals surface area (Å²) in [7, 11) is 0. The molecule has 0 aliphatic rings. The minimum atomic E-state index is -1.68. The van der Waals surface area contributed by atoms with Gasteiger partial charge in [0.05, 0.1) is 13.1 Å². The molecule has 0 aliphatic carbocycles. The van der Waals surface area contributed by atoms with Crippen LogP contribution in [0.1, 0.15) is 10.4 Å². The Balaban J connectivity index is 2.37. The first-order valence-electron chi connectivity index (χ1n) is 5.61. The molecule has 2 amide bonds. The quantitative estimate of drug-likeness (QED) is 0.572. The highest BCUT2D eigenvalue weighted by Crippen LogP contribution is 2.10. The standard InChI is InChI=1S/C12H13ClN2O5/c13-8-3-1-2-7(4-8)11(18)15-6-10(17)14-5-9(16)12(19)20/h1-4,9,16H,5-6H2,(H,14,17)(H,15,18)(H,19,20). The van der Waals surface area contributed by atoms with Gasteiger partial charge >= 0.3 is 5.97 Å². The van der Waals surface area contributed by atoms with Gasteiger partial charge in [-0.25, -0.2) is 4.79 Å². The summed E-state index contributed by atoms with van der Waals surface area (Å²) in [5, 5.41) is 22.3. The fraction of sp³-hybridized carbons (Fsp3) is 0.250. The normalized spacial score (nSPS) is 11.5. The summed E-state index contributed by atoms with van der Waals surface area (Å²) < 4.78 is 0. The molecule has 0 aromatic heterocycles. The maximum absolute atomic E-state index is 11.7. The van der Waals surface area contributed by atoms with Crippen molar-refractivity contribution in [3.05, 3.63) is 34.9 Å². The van der Waals surface area contributed by atoms with E-state index in [0.29, 0.717) is 10.6 Å². The lowest BCUT2D eigenvalue weighted by Gasteiger charge is -2.08. The highest BCUT2D eigenvalue weighted by atomic mass is 35.5. The lowest BCUT2D eigenvalue weighted by atomic mass is 10.2. The molecule has 108 valence electrons. The number of benzene rings is 1. The average Bonchev–Trinajstić information content (AvgIpc) is 2.41. The fourth-order valence-corrected chi connectivity index (χ4v) is 1.44. The van der Waals surface area contributed by atoms with Gasteiger partial charge in [-0.15, -0.1) is 0 Å². The number of rotatable bonds is 6. The Morgan fingerprint density at radius 3 is 2.55 bits per heavy atom. The first-order chi connectivity index (χ1) is 9.40. The fourth-order valence-electron chi connectivity index (χ4n) is 1.25. The lowest BCUT2D eigenvalue weighted by Crippen LogP contribution is -2.41. The van der Waals surface area contributed by atoms with Crippen LogP contribution in [0.4, 0.5) is 0 Å². The second kappa shape index (κ2) is 7.46. The summed E-state index contributed by atoms with van der Waals surface area (Å²) in [5.41, 5.74) is 0.302. The monoisotopic (exact) mass is 300 g/mol. The average molecular weight is 301 g/mol. The van der Waals surface area contributed by atoms with Crippen LogP contribution in [-0.2, 0) is 9.59 Å². The number of halogens is 1. The molecule has 0 fully saturated rings. The number of carboxylic acid groups (broad SMARTS) is 1. The molecular weight excluding hydrogens is 288 g/mol. The lowest BCUT2D eigenvalue weighted by molar-refractivity contribution is -0.146. The van der Waals surface area contributed by atoms with Crippen molar-refractivity contribution >= 4 is 29.4 Å². The van der Waals surface area contributed by atoms with Crippen molar-refractivity contribution in [1.29, 1.82) is 0 Å². The maximum Gasteiger partial charge on any atom is 0.334 e. The molecule has 0 heterocycles. The minimum Gasteiger partial charge on any atom is -0.479 e. The number of carbonyl (C=O) groups excluding carboxylic acids is 2. The van der Waals surface area contributed by atoms with Crippen LogP contribution in [-0.4, -0.2) is 47.2 Å². The van der Waals surface area contributed by atoms with Gasteiger partial charge in [0, 0.05) is 10.6 Å². The van der Waals surface area contributed by atoms with Gasteiger partial charge in [0.15, 0.2) is 6.10 Å². The van der Waals surface area contributed by atoms with Gasteiger partial charge in [0.1, 0.15) is 0 Å². The number of nitrogens with one attached hydrogen (secondary N) is 2. The SMILES string of the molecule is O=C(CNC(=O)c1cccc(Cl)c1)NCC(O)C(=O)O. The number of carbonyl (C=O) groups is 3. The Bertz CT molecular complexity index is 520. The van der Waals surface area contributed by atoms with Crippen LogP contribution in [0.3, 0.4) is 0 Å². The zero-order valence-corrected chi connectivity index (χ0v) is 11.1. The Hall–Kier alpha value is -2.12. The molecule has 8 heteroatoms. The zero-order valence-electron chi connectivity index (χ0n) is 10.3. The van der Waals surface area contributed by atoms with E-state index >= 15 is 0 Å². The predicted molar refractivity (Wildman–Crippen MR) is 70.4 cm³/mol. The third-order valence-electron chi connectivity index (χ3n) is 2.27. The van der Waals surface area contributed by atoms with E-state index in [1.54, 1.807) is 12.1 Å². The van der Waals surface area contributed by atoms with Crippen molar-refractivity contribution in [3.63, 3.8) is 0 Å². The third kappa shape index (κ3) is 5.25. The number of hydrogen-bond acceptors (Lipinski definition) is 4. The van der Waals surface area contributed by atoms with E-state index in [2.05, 4.69) is 10.6 Å². The topological polar surface area (TPSA) is 116 Å². The molecule has 1 aromatic rings. The van der Waals surface area contributed by atoms with Crippen LogP contribution < -0.4 is 10.6 Å². The van der Waals surface area contributed by atoms with E-state index in [-0.39, 0.29) is 6.54 Å². The number of aliphatic hydroxyl groups is 1. The zero-order chi connectivity index (χ0) is 15.1. The van der Waals surface area contributed by atoms with Crippen molar-refractivity contribution in [3.8, 4) is 0 Å². The molecule has 1 atom stereocenters. The first kappa shape index (κ1) is 15.9. The predicted octanol–water partition coefficient (Wildman–Crippen LogP) is -0.369. The number of carboxylic acids is 1. The largest absolute Gasteiger partial charge is 0.479 e. The summed E-state index contributed by atoms with van der Waals surface area (Å²) in [6, 6.07) is 6.19. The van der Waals surface area contributed by atoms with Gasteiger partial charge < -0.3 is 20.8 Å². The molecule has 0 saturated heterocycles. The van der Waals surface area contributed by atoms with E-state index in [1.807, 2.05) is 0 Å². The smallest absolute Gasteiger partial charge is 0.334 e. The van der Waals surface area contributed by atoms with Gasteiger partial charge in [-0.05, 0) is 18.2 Å². The highest BCUT2D eigenvalue weighted by molar-refractivity contribution is 6.30. The van der Waals surface area contributed by atoms with Crippen LogP contribution in [0.25, 0.3) is 0 Å². The van der Waals surface area contributed by atoms with Gasteiger partial charge in [-0.3, -0.25) is 9.59 Å². The molecule has 0 saturated carbocycles. The summed E-state index contributed by atoms with van der Waals surface area (Å²) in [6.07, 6.45) is -1.68. The summed E-state index contributed by atoms with van der Waals surface area (Å²) in [5.74, 6) is -2.53. The molecule has 0 spiro atoms. The molecule has 1 rings (SSSR count). The number of aliphatic carboxylic acids is 1. The molecular formula is C12H13ClN2O5. The molecule has 0 bridgehead atoms. The van der Waals surface area contributed by atoms with Gasteiger partial charge in [0.2, 0.25) is 5.91 Å². The van der Waals surface area contributed by atoms with Crippen molar-refractivity contribution < 1.29 is 24.6 Å². The summed E-state index contributed by atoms with van der Waals surface area (Å²) in [6.45, 7) is -0.765. The second-order valence-corrected chi connectivity index (χ2v) is 4.29. The summed E-state index contributed by atoms with van der Waals surface area (Å²) in [4.78, 5) is 33.3. The van der Waals surface area contributed by atoms with E-state index in [0.717, 1.165) is 0 Å². The van der Waals surface area contributed by atoms with Crippen molar-refractivity contribution in [2.75, 3.05) is 13.1 Å². The van der Waals surface area contributed by atoms with Crippen LogP contribution in [0, 0.1) is 0 Å². The van der Waals surface area contributed by atoms with Crippen LogP contribution in [0.15, 0.2) is 24.3 Å². The molecule has 0 radical (unpaired) electrons. The van der Waals surface area contributed by atoms with Crippen LogP contribution in [0.2, 0.25) is 5.02 Å². The Morgan fingerprint density at radius 1 is 1.25 bits per heavy atom. The van der Waals surface area contributed by atoms with Crippen molar-refractivity contribution in [1.82, 2.24) is 10.6 Å². The molecule has 4 N–H and O–H groups in total. The maximum atomic E-state index is 11.7. The van der Waals surface area contributed by atoms with Gasteiger partial charge in [-0.2, -0.15) is 0 Å². The molecule has 1 aromatic carbocycles. The van der Waals surface area contributed by atoms with Gasteiger partial charge in [0.25, 0.3) is 5.91 Å². The Labute approximate surface area is 119 Å². The Morgan fingerprint density at radius 2 is 1.95 bits per heavy atom. The molecule has 1 unspecified atom stereocenters. The number of amides is 2. The molecule has 20 heavy (non-hydrogen) atoms. The third-order valence-corrected chi connectivity index (χ3v) is 2.51. The Kier molecular flexibility index (Phi) is 5.95. The molecule has 7 nitrogen and oxygen atoms in total. The number of hydrogen-bond donors (Lipinski definition) is 4. The van der Waals surface area contributed by atoms with Crippen molar-refractivity contribution in [2.24, 2.45) is 0 Å². The first-order valence-corrected chi connectivity index (χ1v) is 5.99. The van der Waals surface area contributed by atoms with Crippen molar-refractivity contribution in [2.45, 2.75) is 6.10 Å². The van der Waals surface area contributed by atoms with E-state index in [4.69, 9.17) is 21.8 Å². The summed E-state index contributed by atoms with van der Waals surface area (Å²) >= 11 is 5.72. The highest BCUT2D eigenvalue weighted by Gasteiger charge is 2.14. The van der Waals surface area contributed by atoms with E-state index in [9.17, 15) is 14.4 Å².